The van der Waals surface area contributed by atoms with Crippen LogP contribution in [0, 0.1) is 0 Å². The van der Waals surface area contributed by atoms with E-state index < -0.39 is 0 Å². The fraction of sp³-hybridized carbons (Fsp3) is 0.600. The molecular weight excluding hydrogens is 272 g/mol. The number of hydrogen-bond acceptors (Lipinski definition) is 5. The first-order chi connectivity index (χ1) is 7.70. The van der Waals surface area contributed by atoms with Gasteiger partial charge in [0.1, 0.15) is 0 Å². The zero-order valence-electron chi connectivity index (χ0n) is 9.11. The molecule has 0 radical (unpaired) electrons. The molecule has 88 valence electrons. The van der Waals surface area contributed by atoms with E-state index in [0.29, 0.717) is 11.8 Å². The first kappa shape index (κ1) is 11.6. The van der Waals surface area contributed by atoms with Crippen LogP contribution in [0.5, 0.6) is 5.88 Å². The highest BCUT2D eigenvalue weighted by atomic mass is 79.9. The van der Waals surface area contributed by atoms with Crippen molar-refractivity contribution < 1.29 is 4.74 Å². The zero-order chi connectivity index (χ0) is 11.5. The smallest absolute Gasteiger partial charge is 0.232 e. The van der Waals surface area contributed by atoms with Crippen molar-refractivity contribution >= 4 is 21.9 Å². The fourth-order valence-corrected chi connectivity index (χ4v) is 2.25. The van der Waals surface area contributed by atoms with Gasteiger partial charge in [-0.05, 0) is 35.2 Å². The van der Waals surface area contributed by atoms with Gasteiger partial charge < -0.3 is 15.8 Å². The van der Waals surface area contributed by atoms with E-state index in [1.165, 1.54) is 0 Å². The van der Waals surface area contributed by atoms with Crippen LogP contribution in [-0.2, 0) is 0 Å². The number of halogens is 1. The summed E-state index contributed by atoms with van der Waals surface area (Å²) in [5, 5.41) is 3.24. The van der Waals surface area contributed by atoms with E-state index in [1.807, 2.05) is 0 Å². The maximum Gasteiger partial charge on any atom is 0.232 e. The van der Waals surface area contributed by atoms with Crippen molar-refractivity contribution in [1.29, 1.82) is 0 Å². The number of nitrogens with one attached hydrogen (secondary N) is 1. The standard InChI is InChI=1S/C10H15BrN4O/c1-16-9-6(11)5-13-10(15-9)14-8-4-2-3-7(8)12/h5,7-8H,2-4,12H2,1H3,(H,13,14,15). The Hall–Kier alpha value is -0.880. The van der Waals surface area contributed by atoms with Crippen LogP contribution in [0.2, 0.25) is 0 Å². The van der Waals surface area contributed by atoms with Crippen LogP contribution in [0.3, 0.4) is 0 Å². The lowest BCUT2D eigenvalue weighted by molar-refractivity contribution is 0.394. The van der Waals surface area contributed by atoms with Gasteiger partial charge in [-0.15, -0.1) is 0 Å². The van der Waals surface area contributed by atoms with Crippen LogP contribution >= 0.6 is 15.9 Å². The Kier molecular flexibility index (Phi) is 3.60. The van der Waals surface area contributed by atoms with Gasteiger partial charge in [-0.25, -0.2) is 4.98 Å². The Balaban J connectivity index is 2.09. The molecule has 3 N–H and O–H groups in total. The number of aromatic nitrogens is 2. The third-order valence-electron chi connectivity index (χ3n) is 2.79. The minimum absolute atomic E-state index is 0.193. The molecule has 1 aromatic rings. The first-order valence-corrected chi connectivity index (χ1v) is 6.08. The molecule has 0 saturated heterocycles. The number of ether oxygens (including phenoxy) is 1. The van der Waals surface area contributed by atoms with Crippen molar-refractivity contribution in [2.24, 2.45) is 5.73 Å². The van der Waals surface area contributed by atoms with Crippen LogP contribution in [0.25, 0.3) is 0 Å². The molecule has 1 saturated carbocycles. The molecule has 2 atom stereocenters. The summed E-state index contributed by atoms with van der Waals surface area (Å²) in [5.74, 6) is 1.10. The topological polar surface area (TPSA) is 73.1 Å². The van der Waals surface area contributed by atoms with Gasteiger partial charge in [0.15, 0.2) is 0 Å². The third-order valence-corrected chi connectivity index (χ3v) is 3.33. The second kappa shape index (κ2) is 4.97. The molecule has 1 fully saturated rings. The number of rotatable bonds is 3. The molecule has 0 amide bonds. The minimum Gasteiger partial charge on any atom is -0.480 e. The van der Waals surface area contributed by atoms with Crippen LogP contribution in [0.4, 0.5) is 5.95 Å². The quantitative estimate of drug-likeness (QED) is 0.882. The molecule has 6 heteroatoms. The monoisotopic (exact) mass is 286 g/mol. The maximum atomic E-state index is 5.97. The van der Waals surface area contributed by atoms with Crippen molar-refractivity contribution in [3.05, 3.63) is 10.7 Å². The minimum atomic E-state index is 0.193. The van der Waals surface area contributed by atoms with Crippen LogP contribution in [-0.4, -0.2) is 29.2 Å². The van der Waals surface area contributed by atoms with Gasteiger partial charge in [0.25, 0.3) is 0 Å². The van der Waals surface area contributed by atoms with E-state index in [1.54, 1.807) is 13.3 Å². The largest absolute Gasteiger partial charge is 0.480 e. The SMILES string of the molecule is COc1nc(NC2CCCC2N)ncc1Br. The highest BCUT2D eigenvalue weighted by Crippen LogP contribution is 2.24. The highest BCUT2D eigenvalue weighted by Gasteiger charge is 2.24. The van der Waals surface area contributed by atoms with Crippen LogP contribution in [0.15, 0.2) is 10.7 Å². The van der Waals surface area contributed by atoms with E-state index in [0.717, 1.165) is 23.7 Å². The first-order valence-electron chi connectivity index (χ1n) is 5.29. The molecule has 0 aliphatic heterocycles. The lowest BCUT2D eigenvalue weighted by Crippen LogP contribution is -2.35. The van der Waals surface area contributed by atoms with E-state index >= 15 is 0 Å². The molecule has 1 heterocycles. The summed E-state index contributed by atoms with van der Waals surface area (Å²) in [6, 6.07) is 0.462. The molecule has 5 nitrogen and oxygen atoms in total. The molecule has 2 unspecified atom stereocenters. The van der Waals surface area contributed by atoms with Gasteiger partial charge >= 0.3 is 0 Å². The molecule has 2 rings (SSSR count). The molecule has 0 spiro atoms. The molecule has 1 aliphatic carbocycles. The van der Waals surface area contributed by atoms with Crippen molar-refractivity contribution in [3.63, 3.8) is 0 Å². The predicted molar refractivity (Wildman–Crippen MR) is 65.5 cm³/mol. The Bertz CT molecular complexity index is 374. The summed E-state index contributed by atoms with van der Waals surface area (Å²) < 4.78 is 5.85. The van der Waals surface area contributed by atoms with Gasteiger partial charge in [0.2, 0.25) is 11.8 Å². The lowest BCUT2D eigenvalue weighted by Gasteiger charge is -2.17. The Labute approximate surface area is 103 Å². The fourth-order valence-electron chi connectivity index (χ4n) is 1.90. The van der Waals surface area contributed by atoms with Gasteiger partial charge in [-0.3, -0.25) is 0 Å². The average molecular weight is 287 g/mol. The molecule has 0 aromatic carbocycles. The number of nitrogens with zero attached hydrogens (tertiary/aromatic N) is 2. The van der Waals surface area contributed by atoms with Gasteiger partial charge in [0, 0.05) is 12.1 Å². The van der Waals surface area contributed by atoms with Crippen LogP contribution in [0.1, 0.15) is 19.3 Å². The zero-order valence-corrected chi connectivity index (χ0v) is 10.7. The average Bonchev–Trinajstić information content (AvgIpc) is 2.67. The summed E-state index contributed by atoms with van der Waals surface area (Å²) >= 11 is 3.31. The van der Waals surface area contributed by atoms with Gasteiger partial charge in [-0.1, -0.05) is 0 Å². The normalized spacial score (nSPS) is 24.4. The highest BCUT2D eigenvalue weighted by molar-refractivity contribution is 9.10. The summed E-state index contributed by atoms with van der Waals surface area (Å²) in [6.07, 6.45) is 4.97. The number of methoxy groups -OCH3 is 1. The maximum absolute atomic E-state index is 5.97. The van der Waals surface area contributed by atoms with Crippen molar-refractivity contribution in [2.45, 2.75) is 31.3 Å². The Morgan fingerprint density at radius 2 is 2.38 bits per heavy atom. The van der Waals surface area contributed by atoms with E-state index in [4.69, 9.17) is 10.5 Å². The Morgan fingerprint density at radius 1 is 1.56 bits per heavy atom. The van der Waals surface area contributed by atoms with Crippen molar-refractivity contribution in [2.75, 3.05) is 12.4 Å². The second-order valence-electron chi connectivity index (χ2n) is 3.90. The molecule has 1 aromatic heterocycles. The van der Waals surface area contributed by atoms with Crippen molar-refractivity contribution in [1.82, 2.24) is 9.97 Å². The van der Waals surface area contributed by atoms with E-state index in [2.05, 4.69) is 31.2 Å². The van der Waals surface area contributed by atoms with Crippen molar-refractivity contribution in [3.8, 4) is 5.88 Å². The third kappa shape index (κ3) is 2.44. The van der Waals surface area contributed by atoms with Gasteiger partial charge in [-0.2, -0.15) is 4.98 Å². The van der Waals surface area contributed by atoms with E-state index in [9.17, 15) is 0 Å². The number of hydrogen-bond donors (Lipinski definition) is 2. The summed E-state index contributed by atoms with van der Waals surface area (Å²) in [7, 11) is 1.58. The molecular formula is C10H15BrN4O. The summed E-state index contributed by atoms with van der Waals surface area (Å²) in [6.45, 7) is 0. The second-order valence-corrected chi connectivity index (χ2v) is 4.75. The Morgan fingerprint density at radius 3 is 3.00 bits per heavy atom. The lowest BCUT2D eigenvalue weighted by atomic mass is 10.2. The summed E-state index contributed by atoms with van der Waals surface area (Å²) in [5.41, 5.74) is 5.97. The number of anilines is 1. The van der Waals surface area contributed by atoms with Crippen LogP contribution < -0.4 is 15.8 Å². The van der Waals surface area contributed by atoms with E-state index in [-0.39, 0.29) is 12.1 Å². The predicted octanol–water partition coefficient (Wildman–Crippen LogP) is 1.54. The van der Waals surface area contributed by atoms with Gasteiger partial charge in [0.05, 0.1) is 17.8 Å². The molecule has 16 heavy (non-hydrogen) atoms. The summed E-state index contributed by atoms with van der Waals surface area (Å²) in [4.78, 5) is 8.42. The molecule has 1 aliphatic rings. The number of nitrogens with two attached hydrogens (primary N) is 1. The molecule has 0 bridgehead atoms.